The van der Waals surface area contributed by atoms with E-state index in [-0.39, 0.29) is 18.5 Å². The molecule has 7 heteroatoms. The predicted octanol–water partition coefficient (Wildman–Crippen LogP) is 0.231. The SMILES string of the molecule is C=CCNC(=O)NC(=O)CNC1CCC(C(=O)O)CC1. The summed E-state index contributed by atoms with van der Waals surface area (Å²) in [5.41, 5.74) is 0. The number of aliphatic carboxylic acids is 1. The average molecular weight is 283 g/mol. The van der Waals surface area contributed by atoms with Crippen molar-refractivity contribution in [1.29, 1.82) is 0 Å². The Morgan fingerprint density at radius 1 is 1.20 bits per heavy atom. The van der Waals surface area contributed by atoms with E-state index in [0.717, 1.165) is 12.8 Å². The number of carboxylic acids is 1. The third kappa shape index (κ3) is 5.83. The number of carbonyl (C=O) groups is 3. The molecular formula is C13H21N3O4. The highest BCUT2D eigenvalue weighted by atomic mass is 16.4. The second-order valence-electron chi connectivity index (χ2n) is 4.81. The number of carboxylic acid groups (broad SMARTS) is 1. The van der Waals surface area contributed by atoms with Crippen molar-refractivity contribution in [3.05, 3.63) is 12.7 Å². The molecule has 3 amide bonds. The largest absolute Gasteiger partial charge is 0.481 e. The minimum Gasteiger partial charge on any atom is -0.481 e. The molecule has 1 fully saturated rings. The Kier molecular flexibility index (Phi) is 6.72. The Labute approximate surface area is 117 Å². The summed E-state index contributed by atoms with van der Waals surface area (Å²) in [7, 11) is 0. The van der Waals surface area contributed by atoms with Crippen LogP contribution >= 0.6 is 0 Å². The molecule has 0 bridgehead atoms. The van der Waals surface area contributed by atoms with Crippen molar-refractivity contribution in [2.75, 3.05) is 13.1 Å². The molecule has 0 unspecified atom stereocenters. The monoisotopic (exact) mass is 283 g/mol. The van der Waals surface area contributed by atoms with Gasteiger partial charge in [0.1, 0.15) is 0 Å². The van der Waals surface area contributed by atoms with Crippen LogP contribution in [0.25, 0.3) is 0 Å². The molecule has 0 spiro atoms. The zero-order chi connectivity index (χ0) is 15.0. The Bertz CT molecular complexity index is 376. The summed E-state index contributed by atoms with van der Waals surface area (Å²) < 4.78 is 0. The zero-order valence-corrected chi connectivity index (χ0v) is 11.4. The Hall–Kier alpha value is -1.89. The van der Waals surface area contributed by atoms with Crippen LogP contribution in [0.15, 0.2) is 12.7 Å². The normalized spacial score (nSPS) is 21.8. The van der Waals surface area contributed by atoms with Gasteiger partial charge < -0.3 is 15.7 Å². The number of hydrogen-bond donors (Lipinski definition) is 4. The van der Waals surface area contributed by atoms with Crippen molar-refractivity contribution in [2.24, 2.45) is 5.92 Å². The van der Waals surface area contributed by atoms with Crippen molar-refractivity contribution >= 4 is 17.9 Å². The molecule has 1 aliphatic carbocycles. The molecule has 4 N–H and O–H groups in total. The van der Waals surface area contributed by atoms with Crippen LogP contribution < -0.4 is 16.0 Å². The number of amides is 3. The lowest BCUT2D eigenvalue weighted by molar-refractivity contribution is -0.143. The second kappa shape index (κ2) is 8.31. The maximum Gasteiger partial charge on any atom is 0.321 e. The molecule has 0 radical (unpaired) electrons. The number of imide groups is 1. The molecule has 112 valence electrons. The molecular weight excluding hydrogens is 262 g/mol. The van der Waals surface area contributed by atoms with Crippen LogP contribution in [0.5, 0.6) is 0 Å². The number of nitrogens with one attached hydrogen (secondary N) is 3. The molecule has 1 rings (SSSR count). The Balaban J connectivity index is 2.17. The van der Waals surface area contributed by atoms with E-state index in [4.69, 9.17) is 5.11 Å². The van der Waals surface area contributed by atoms with Crippen molar-refractivity contribution in [2.45, 2.75) is 31.7 Å². The van der Waals surface area contributed by atoms with Crippen LogP contribution in [0, 0.1) is 5.92 Å². The molecule has 1 aliphatic rings. The van der Waals surface area contributed by atoms with Gasteiger partial charge in [0, 0.05) is 12.6 Å². The van der Waals surface area contributed by atoms with Crippen LogP contribution in [-0.4, -0.2) is 42.1 Å². The molecule has 0 atom stereocenters. The smallest absolute Gasteiger partial charge is 0.321 e. The van der Waals surface area contributed by atoms with E-state index in [1.807, 2.05) is 0 Å². The molecule has 7 nitrogen and oxygen atoms in total. The standard InChI is InChI=1S/C13H21N3O4/c1-2-7-14-13(20)16-11(17)8-15-10-5-3-9(4-6-10)12(18)19/h2,9-10,15H,1,3-8H2,(H,18,19)(H2,14,16,17,20). The second-order valence-corrected chi connectivity index (χ2v) is 4.81. The minimum atomic E-state index is -0.750. The van der Waals surface area contributed by atoms with E-state index in [0.29, 0.717) is 19.4 Å². The van der Waals surface area contributed by atoms with Gasteiger partial charge in [-0.2, -0.15) is 0 Å². The molecule has 1 saturated carbocycles. The number of hydrogen-bond acceptors (Lipinski definition) is 4. The number of urea groups is 1. The highest BCUT2D eigenvalue weighted by Crippen LogP contribution is 2.24. The summed E-state index contributed by atoms with van der Waals surface area (Å²) in [5.74, 6) is -1.43. The zero-order valence-electron chi connectivity index (χ0n) is 11.4. The van der Waals surface area contributed by atoms with Gasteiger partial charge in [0.25, 0.3) is 0 Å². The lowest BCUT2D eigenvalue weighted by Gasteiger charge is -2.26. The van der Waals surface area contributed by atoms with Crippen LogP contribution in [0.1, 0.15) is 25.7 Å². The topological polar surface area (TPSA) is 108 Å². The fourth-order valence-corrected chi connectivity index (χ4v) is 2.16. The summed E-state index contributed by atoms with van der Waals surface area (Å²) in [6, 6.07) is -0.418. The quantitative estimate of drug-likeness (QED) is 0.522. The molecule has 0 aromatic carbocycles. The number of carbonyl (C=O) groups excluding carboxylic acids is 2. The van der Waals surface area contributed by atoms with Gasteiger partial charge in [0.2, 0.25) is 5.91 Å². The summed E-state index contributed by atoms with van der Waals surface area (Å²) in [5, 5.41) is 16.5. The first-order valence-electron chi connectivity index (χ1n) is 6.67. The van der Waals surface area contributed by atoms with Crippen molar-refractivity contribution in [3.8, 4) is 0 Å². The van der Waals surface area contributed by atoms with Gasteiger partial charge >= 0.3 is 12.0 Å². The summed E-state index contributed by atoms with van der Waals surface area (Å²) in [6.07, 6.45) is 4.21. The van der Waals surface area contributed by atoms with Gasteiger partial charge in [0.15, 0.2) is 0 Å². The van der Waals surface area contributed by atoms with Gasteiger partial charge in [0.05, 0.1) is 12.5 Å². The Morgan fingerprint density at radius 2 is 1.85 bits per heavy atom. The van der Waals surface area contributed by atoms with Gasteiger partial charge in [-0.25, -0.2) is 4.79 Å². The maximum absolute atomic E-state index is 11.5. The van der Waals surface area contributed by atoms with E-state index < -0.39 is 17.9 Å². The molecule has 0 aromatic rings. The lowest BCUT2D eigenvalue weighted by atomic mass is 9.86. The molecule has 0 aromatic heterocycles. The molecule has 20 heavy (non-hydrogen) atoms. The van der Waals surface area contributed by atoms with E-state index in [9.17, 15) is 14.4 Å². The van der Waals surface area contributed by atoms with Crippen LogP contribution in [0.4, 0.5) is 4.79 Å². The van der Waals surface area contributed by atoms with Gasteiger partial charge in [-0.1, -0.05) is 6.08 Å². The molecule has 0 saturated heterocycles. The van der Waals surface area contributed by atoms with Crippen LogP contribution in [-0.2, 0) is 9.59 Å². The lowest BCUT2D eigenvalue weighted by Crippen LogP contribution is -2.46. The van der Waals surface area contributed by atoms with Crippen molar-refractivity contribution in [1.82, 2.24) is 16.0 Å². The highest BCUT2D eigenvalue weighted by Gasteiger charge is 2.25. The van der Waals surface area contributed by atoms with E-state index in [2.05, 4.69) is 22.5 Å². The first-order valence-corrected chi connectivity index (χ1v) is 6.67. The summed E-state index contributed by atoms with van der Waals surface area (Å²) in [4.78, 5) is 33.5. The summed E-state index contributed by atoms with van der Waals surface area (Å²) >= 11 is 0. The Morgan fingerprint density at radius 3 is 2.40 bits per heavy atom. The molecule has 0 heterocycles. The highest BCUT2D eigenvalue weighted by molar-refractivity contribution is 5.95. The average Bonchev–Trinajstić information content (AvgIpc) is 2.43. The first-order chi connectivity index (χ1) is 9.52. The fourth-order valence-electron chi connectivity index (χ4n) is 2.16. The van der Waals surface area contributed by atoms with E-state index in [1.165, 1.54) is 6.08 Å². The summed E-state index contributed by atoms with van der Waals surface area (Å²) in [6.45, 7) is 3.79. The van der Waals surface area contributed by atoms with E-state index >= 15 is 0 Å². The van der Waals surface area contributed by atoms with E-state index in [1.54, 1.807) is 0 Å². The third-order valence-corrected chi connectivity index (χ3v) is 3.29. The predicted molar refractivity (Wildman–Crippen MR) is 73.1 cm³/mol. The number of rotatable bonds is 6. The molecule has 0 aliphatic heterocycles. The van der Waals surface area contributed by atoms with Crippen molar-refractivity contribution in [3.63, 3.8) is 0 Å². The fraction of sp³-hybridized carbons (Fsp3) is 0.615. The minimum absolute atomic E-state index is 0.0455. The maximum atomic E-state index is 11.5. The third-order valence-electron chi connectivity index (χ3n) is 3.29. The van der Waals surface area contributed by atoms with Gasteiger partial charge in [-0.3, -0.25) is 14.9 Å². The van der Waals surface area contributed by atoms with Crippen LogP contribution in [0.3, 0.4) is 0 Å². The van der Waals surface area contributed by atoms with Crippen molar-refractivity contribution < 1.29 is 19.5 Å². The van der Waals surface area contributed by atoms with Gasteiger partial charge in [-0.05, 0) is 25.7 Å². The first kappa shape index (κ1) is 16.2. The van der Waals surface area contributed by atoms with Crippen LogP contribution in [0.2, 0.25) is 0 Å². The van der Waals surface area contributed by atoms with Gasteiger partial charge in [-0.15, -0.1) is 6.58 Å².